The number of pyridine rings is 1. The van der Waals surface area contributed by atoms with Crippen LogP contribution in [0.25, 0.3) is 11.5 Å². The van der Waals surface area contributed by atoms with Gasteiger partial charge in [0.15, 0.2) is 5.82 Å². The van der Waals surface area contributed by atoms with Gasteiger partial charge < -0.3 is 10.6 Å². The summed E-state index contributed by atoms with van der Waals surface area (Å²) in [6, 6.07) is 3.46. The Morgan fingerprint density at radius 2 is 1.81 bits per heavy atom. The quantitative estimate of drug-likeness (QED) is 0.411. The Labute approximate surface area is 185 Å². The van der Waals surface area contributed by atoms with E-state index in [4.69, 9.17) is 0 Å². The van der Waals surface area contributed by atoms with Gasteiger partial charge in [-0.1, -0.05) is 18.2 Å². The number of aromatic nitrogens is 4. The molecule has 2 N–H and O–H groups in total. The Bertz CT molecular complexity index is 1010. The van der Waals surface area contributed by atoms with Crippen molar-refractivity contribution in [2.75, 3.05) is 10.6 Å². The van der Waals surface area contributed by atoms with Crippen LogP contribution in [0.5, 0.6) is 0 Å². The molecule has 2 aromatic rings. The molecule has 0 aromatic carbocycles. The third-order valence-electron chi connectivity index (χ3n) is 5.02. The number of nitrogens with one attached hydrogen (secondary N) is 2. The summed E-state index contributed by atoms with van der Waals surface area (Å²) in [5.74, 6) is 1.03. The second-order valence-corrected chi connectivity index (χ2v) is 7.62. The van der Waals surface area contributed by atoms with Crippen LogP contribution in [0.3, 0.4) is 0 Å². The monoisotopic (exact) mass is 445 g/mol. The number of alkyl halides is 3. The highest BCUT2D eigenvalue weighted by molar-refractivity contribution is 5.54. The molecule has 0 amide bonds. The Balaban J connectivity index is 1.97. The Morgan fingerprint density at radius 1 is 1.12 bits per heavy atom. The van der Waals surface area contributed by atoms with Gasteiger partial charge >= 0.3 is 6.18 Å². The topological polar surface area (TPSA) is 88.0 Å². The molecule has 3 rings (SSSR count). The van der Waals surface area contributed by atoms with Crippen molar-refractivity contribution in [1.82, 2.24) is 19.9 Å². The fourth-order valence-corrected chi connectivity index (χ4v) is 3.05. The molecule has 2 atom stereocenters. The SMILES string of the molecule is C=N/C(=C\C=C/C)C(C)Nc1nc(N[C@H](C)C2CC2)nc(-c2cccc(C(F)(F)F)n2)n1. The van der Waals surface area contributed by atoms with E-state index in [0.717, 1.165) is 18.9 Å². The van der Waals surface area contributed by atoms with Crippen molar-refractivity contribution < 1.29 is 13.2 Å². The van der Waals surface area contributed by atoms with Crippen LogP contribution in [-0.4, -0.2) is 38.7 Å². The number of halogens is 3. The lowest BCUT2D eigenvalue weighted by Crippen LogP contribution is -2.23. The van der Waals surface area contributed by atoms with Gasteiger partial charge in [-0.05, 0) is 64.5 Å². The molecular weight excluding hydrogens is 419 g/mol. The predicted molar refractivity (Wildman–Crippen MR) is 119 cm³/mol. The van der Waals surface area contributed by atoms with Gasteiger partial charge in [0.05, 0.1) is 11.7 Å². The van der Waals surface area contributed by atoms with Gasteiger partial charge in [0.1, 0.15) is 11.4 Å². The first-order valence-corrected chi connectivity index (χ1v) is 10.3. The average molecular weight is 445 g/mol. The third-order valence-corrected chi connectivity index (χ3v) is 5.02. The fourth-order valence-electron chi connectivity index (χ4n) is 3.05. The zero-order chi connectivity index (χ0) is 23.3. The lowest BCUT2D eigenvalue weighted by molar-refractivity contribution is -0.141. The van der Waals surface area contributed by atoms with Gasteiger partial charge in [0.25, 0.3) is 0 Å². The molecule has 1 fully saturated rings. The van der Waals surface area contributed by atoms with Crippen LogP contribution in [0.1, 0.15) is 39.3 Å². The second kappa shape index (κ2) is 9.88. The molecule has 32 heavy (non-hydrogen) atoms. The largest absolute Gasteiger partial charge is 0.433 e. The molecular formula is C22H26F3N7. The fraction of sp³-hybridized carbons (Fsp3) is 0.409. The Hall–Kier alpha value is -3.30. The lowest BCUT2D eigenvalue weighted by Gasteiger charge is -2.17. The van der Waals surface area contributed by atoms with Crippen LogP contribution < -0.4 is 10.6 Å². The summed E-state index contributed by atoms with van der Waals surface area (Å²) >= 11 is 0. The number of rotatable bonds is 9. The van der Waals surface area contributed by atoms with E-state index in [1.807, 2.05) is 32.9 Å². The zero-order valence-corrected chi connectivity index (χ0v) is 18.2. The summed E-state index contributed by atoms with van der Waals surface area (Å²) in [5.41, 5.74) is -0.346. The Morgan fingerprint density at radius 3 is 2.41 bits per heavy atom. The number of aliphatic imine (C=N–C) groups is 1. The van der Waals surface area contributed by atoms with Crippen molar-refractivity contribution in [2.24, 2.45) is 10.9 Å². The predicted octanol–water partition coefficient (Wildman–Crippen LogP) is 5.12. The normalized spacial score (nSPS) is 16.6. The Kier molecular flexibility index (Phi) is 7.22. The van der Waals surface area contributed by atoms with E-state index in [2.05, 4.69) is 42.3 Å². The van der Waals surface area contributed by atoms with Crippen molar-refractivity contribution in [3.8, 4) is 11.5 Å². The van der Waals surface area contributed by atoms with Gasteiger partial charge in [-0.25, -0.2) is 4.98 Å². The molecule has 1 unspecified atom stereocenters. The molecule has 170 valence electrons. The highest BCUT2D eigenvalue weighted by Gasteiger charge is 2.33. The number of anilines is 2. The van der Waals surface area contributed by atoms with Crippen LogP contribution in [-0.2, 0) is 6.18 Å². The minimum absolute atomic E-state index is 0.00609. The maximum Gasteiger partial charge on any atom is 0.433 e. The first-order valence-electron chi connectivity index (χ1n) is 10.3. The smallest absolute Gasteiger partial charge is 0.351 e. The summed E-state index contributed by atoms with van der Waals surface area (Å²) in [6.45, 7) is 9.35. The van der Waals surface area contributed by atoms with Crippen molar-refractivity contribution in [3.63, 3.8) is 0 Å². The van der Waals surface area contributed by atoms with Crippen LogP contribution in [0.15, 0.2) is 47.1 Å². The number of hydrogen-bond donors (Lipinski definition) is 2. The summed E-state index contributed by atoms with van der Waals surface area (Å²) in [4.78, 5) is 20.8. The van der Waals surface area contributed by atoms with Gasteiger partial charge in [-0.2, -0.15) is 28.1 Å². The van der Waals surface area contributed by atoms with E-state index in [-0.39, 0.29) is 35.5 Å². The van der Waals surface area contributed by atoms with E-state index < -0.39 is 11.9 Å². The highest BCUT2D eigenvalue weighted by Crippen LogP contribution is 2.34. The van der Waals surface area contributed by atoms with E-state index in [1.54, 1.807) is 6.08 Å². The van der Waals surface area contributed by atoms with E-state index in [9.17, 15) is 13.2 Å². The van der Waals surface area contributed by atoms with Gasteiger partial charge in [-0.15, -0.1) is 0 Å². The summed E-state index contributed by atoms with van der Waals surface area (Å²) in [6.07, 6.45) is 3.16. The summed E-state index contributed by atoms with van der Waals surface area (Å²) < 4.78 is 39.4. The molecule has 1 aliphatic rings. The molecule has 0 saturated heterocycles. The molecule has 0 aliphatic heterocycles. The van der Waals surface area contributed by atoms with Crippen molar-refractivity contribution in [1.29, 1.82) is 0 Å². The standard InChI is InChI=1S/C22H26F3N7/c1-5-6-8-16(26-4)14(3)28-21-31-19(17-9-7-10-18(29-17)22(23,24)25)30-20(32-21)27-13(2)15-11-12-15/h5-10,13-15H,4,11-12H2,1-3H3,(H2,27,28,30,31,32)/b6-5-,16-8-/t13-,14?/m1/s1. The van der Waals surface area contributed by atoms with Gasteiger partial charge in [0, 0.05) is 6.04 Å². The molecule has 0 bridgehead atoms. The number of hydrogen-bond acceptors (Lipinski definition) is 7. The summed E-state index contributed by atoms with van der Waals surface area (Å²) in [7, 11) is 0. The van der Waals surface area contributed by atoms with Crippen LogP contribution in [0.2, 0.25) is 0 Å². The van der Waals surface area contributed by atoms with Crippen LogP contribution in [0, 0.1) is 5.92 Å². The van der Waals surface area contributed by atoms with Gasteiger partial charge in [0.2, 0.25) is 11.9 Å². The van der Waals surface area contributed by atoms with E-state index >= 15 is 0 Å². The van der Waals surface area contributed by atoms with Crippen molar-refractivity contribution in [2.45, 2.75) is 51.9 Å². The number of allylic oxidation sites excluding steroid dienone is 3. The number of nitrogens with zero attached hydrogens (tertiary/aromatic N) is 5. The van der Waals surface area contributed by atoms with Crippen LogP contribution in [0.4, 0.5) is 25.1 Å². The maximum atomic E-state index is 13.1. The van der Waals surface area contributed by atoms with E-state index in [1.165, 1.54) is 12.1 Å². The minimum Gasteiger partial charge on any atom is -0.351 e. The first-order chi connectivity index (χ1) is 15.2. The van der Waals surface area contributed by atoms with Crippen molar-refractivity contribution in [3.05, 3.63) is 47.8 Å². The molecule has 1 saturated carbocycles. The second-order valence-electron chi connectivity index (χ2n) is 7.62. The molecule has 10 heteroatoms. The molecule has 2 heterocycles. The summed E-state index contributed by atoms with van der Waals surface area (Å²) in [5, 5.41) is 6.36. The van der Waals surface area contributed by atoms with Crippen LogP contribution >= 0.6 is 0 Å². The van der Waals surface area contributed by atoms with Gasteiger partial charge in [-0.3, -0.25) is 4.99 Å². The first kappa shape index (κ1) is 23.4. The molecule has 7 nitrogen and oxygen atoms in total. The average Bonchev–Trinajstić information content (AvgIpc) is 3.59. The molecule has 0 radical (unpaired) electrons. The lowest BCUT2D eigenvalue weighted by atomic mass is 10.2. The highest BCUT2D eigenvalue weighted by atomic mass is 19.4. The molecule has 2 aromatic heterocycles. The maximum absolute atomic E-state index is 13.1. The molecule has 1 aliphatic carbocycles. The van der Waals surface area contributed by atoms with Crippen molar-refractivity contribution >= 4 is 18.6 Å². The third kappa shape index (κ3) is 6.12. The van der Waals surface area contributed by atoms with E-state index in [0.29, 0.717) is 11.6 Å². The molecule has 0 spiro atoms. The zero-order valence-electron chi connectivity index (χ0n) is 18.2. The minimum atomic E-state index is -4.57.